The van der Waals surface area contributed by atoms with Gasteiger partial charge in [0, 0.05) is 6.08 Å². The van der Waals surface area contributed by atoms with Gasteiger partial charge >= 0.3 is 5.97 Å². The minimum absolute atomic E-state index is 0.159. The molecule has 0 N–H and O–H groups in total. The zero-order valence-electron chi connectivity index (χ0n) is 10.3. The van der Waals surface area contributed by atoms with Gasteiger partial charge in [0.1, 0.15) is 12.7 Å². The quantitative estimate of drug-likeness (QED) is 0.406. The molecule has 1 rings (SSSR count). The molecule has 0 aromatic rings. The van der Waals surface area contributed by atoms with Gasteiger partial charge in [-0.1, -0.05) is 25.3 Å². The van der Waals surface area contributed by atoms with Crippen LogP contribution in [0, 0.1) is 5.92 Å². The average molecular weight is 240 g/mol. The Hall–Kier alpha value is -1.32. The predicted octanol–water partition coefficient (Wildman–Crippen LogP) is 2.23. The predicted molar refractivity (Wildman–Crippen MR) is 63.3 cm³/mol. The van der Waals surface area contributed by atoms with Gasteiger partial charge < -0.3 is 9.47 Å². The first-order valence-electron chi connectivity index (χ1n) is 6.16. The summed E-state index contributed by atoms with van der Waals surface area (Å²) in [4.78, 5) is 21.6. The molecular weight excluding hydrogens is 220 g/mol. The van der Waals surface area contributed by atoms with Crippen molar-refractivity contribution in [3.05, 3.63) is 12.2 Å². The van der Waals surface area contributed by atoms with E-state index < -0.39 is 0 Å². The van der Waals surface area contributed by atoms with Crippen molar-refractivity contribution in [2.45, 2.75) is 45.1 Å². The second kappa shape index (κ2) is 7.87. The van der Waals surface area contributed by atoms with Gasteiger partial charge in [0.25, 0.3) is 6.47 Å². The zero-order valence-corrected chi connectivity index (χ0v) is 10.3. The maximum Gasteiger partial charge on any atom is 0.330 e. The molecule has 4 heteroatoms. The van der Waals surface area contributed by atoms with Crippen LogP contribution in [0.25, 0.3) is 0 Å². The van der Waals surface area contributed by atoms with Crippen LogP contribution in [-0.2, 0) is 19.1 Å². The molecule has 0 aromatic heterocycles. The summed E-state index contributed by atoms with van der Waals surface area (Å²) in [6, 6.07) is 0. The number of allylic oxidation sites excluding steroid dienone is 1. The Morgan fingerprint density at radius 1 is 1.35 bits per heavy atom. The van der Waals surface area contributed by atoms with Crippen LogP contribution in [0.1, 0.15) is 39.0 Å². The summed E-state index contributed by atoms with van der Waals surface area (Å²) < 4.78 is 10.1. The van der Waals surface area contributed by atoms with Crippen molar-refractivity contribution in [2.75, 3.05) is 6.61 Å². The van der Waals surface area contributed by atoms with Gasteiger partial charge in [-0.25, -0.2) is 4.79 Å². The van der Waals surface area contributed by atoms with Crippen molar-refractivity contribution >= 4 is 12.4 Å². The summed E-state index contributed by atoms with van der Waals surface area (Å²) in [7, 11) is 0. The van der Waals surface area contributed by atoms with Crippen LogP contribution in [0.3, 0.4) is 0 Å². The first kappa shape index (κ1) is 13.7. The summed E-state index contributed by atoms with van der Waals surface area (Å²) >= 11 is 0. The summed E-state index contributed by atoms with van der Waals surface area (Å²) in [5, 5.41) is 0. The minimum Gasteiger partial charge on any atom is -0.461 e. The topological polar surface area (TPSA) is 52.6 Å². The standard InChI is InChI=1S/C13H20O4/c1-2-6-13(15)16-9-12(17-10-14)11-7-4-3-5-8-11/h2,6,10-12H,3-5,7-9H2,1H3. The van der Waals surface area contributed by atoms with Gasteiger partial charge in [-0.15, -0.1) is 0 Å². The summed E-state index contributed by atoms with van der Waals surface area (Å²) in [6.45, 7) is 2.36. The smallest absolute Gasteiger partial charge is 0.330 e. The van der Waals surface area contributed by atoms with E-state index in [2.05, 4.69) is 0 Å². The van der Waals surface area contributed by atoms with Crippen molar-refractivity contribution in [1.29, 1.82) is 0 Å². The van der Waals surface area contributed by atoms with Crippen LogP contribution < -0.4 is 0 Å². The molecule has 96 valence electrons. The summed E-state index contributed by atoms with van der Waals surface area (Å²) in [5.74, 6) is -0.0600. The Kier molecular flexibility index (Phi) is 6.37. The molecule has 17 heavy (non-hydrogen) atoms. The maximum atomic E-state index is 11.2. The molecule has 0 aromatic carbocycles. The first-order valence-corrected chi connectivity index (χ1v) is 6.16. The van der Waals surface area contributed by atoms with Gasteiger partial charge in [-0.05, 0) is 25.7 Å². The van der Waals surface area contributed by atoms with Crippen LogP contribution in [0.4, 0.5) is 0 Å². The monoisotopic (exact) mass is 240 g/mol. The third kappa shape index (κ3) is 5.02. The molecule has 0 spiro atoms. The van der Waals surface area contributed by atoms with Crippen molar-refractivity contribution in [2.24, 2.45) is 5.92 Å². The molecular formula is C13H20O4. The molecule has 0 aliphatic heterocycles. The highest BCUT2D eigenvalue weighted by Gasteiger charge is 2.25. The van der Waals surface area contributed by atoms with Crippen molar-refractivity contribution in [3.63, 3.8) is 0 Å². The SMILES string of the molecule is CC=CC(=O)OCC(OC=O)C1CCCCC1. The highest BCUT2D eigenvalue weighted by Crippen LogP contribution is 2.27. The van der Waals surface area contributed by atoms with E-state index in [-0.39, 0.29) is 18.7 Å². The molecule has 0 heterocycles. The maximum absolute atomic E-state index is 11.2. The number of carbonyl (C=O) groups excluding carboxylic acids is 2. The van der Waals surface area contributed by atoms with Crippen LogP contribution in [-0.4, -0.2) is 25.2 Å². The molecule has 0 bridgehead atoms. The van der Waals surface area contributed by atoms with Crippen LogP contribution >= 0.6 is 0 Å². The number of carbonyl (C=O) groups is 2. The van der Waals surface area contributed by atoms with Crippen molar-refractivity contribution in [1.82, 2.24) is 0 Å². The lowest BCUT2D eigenvalue weighted by molar-refractivity contribution is -0.151. The lowest BCUT2D eigenvalue weighted by atomic mass is 9.85. The van der Waals surface area contributed by atoms with Crippen molar-refractivity contribution in [3.8, 4) is 0 Å². The Labute approximate surface area is 102 Å². The van der Waals surface area contributed by atoms with E-state index in [0.717, 1.165) is 25.7 Å². The Morgan fingerprint density at radius 3 is 2.65 bits per heavy atom. The highest BCUT2D eigenvalue weighted by atomic mass is 16.6. The van der Waals surface area contributed by atoms with E-state index in [1.807, 2.05) is 0 Å². The molecule has 0 saturated heterocycles. The Balaban J connectivity index is 2.41. The highest BCUT2D eigenvalue weighted by molar-refractivity contribution is 5.81. The normalized spacial score (nSPS) is 18.9. The largest absolute Gasteiger partial charge is 0.461 e. The van der Waals surface area contributed by atoms with Gasteiger partial charge in [0.05, 0.1) is 0 Å². The third-order valence-electron chi connectivity index (χ3n) is 3.10. The fourth-order valence-corrected chi connectivity index (χ4v) is 2.21. The van der Waals surface area contributed by atoms with Gasteiger partial charge in [-0.2, -0.15) is 0 Å². The lowest BCUT2D eigenvalue weighted by Crippen LogP contribution is -2.31. The summed E-state index contributed by atoms with van der Waals surface area (Å²) in [5.41, 5.74) is 0. The number of hydrogen-bond donors (Lipinski definition) is 0. The fourth-order valence-electron chi connectivity index (χ4n) is 2.21. The van der Waals surface area contributed by atoms with Crippen LogP contribution in [0.15, 0.2) is 12.2 Å². The Morgan fingerprint density at radius 2 is 2.06 bits per heavy atom. The molecule has 1 aliphatic carbocycles. The molecule has 1 saturated carbocycles. The molecule has 0 amide bonds. The van der Waals surface area contributed by atoms with E-state index in [9.17, 15) is 9.59 Å². The third-order valence-corrected chi connectivity index (χ3v) is 3.10. The number of rotatable bonds is 6. The van der Waals surface area contributed by atoms with Gasteiger partial charge in [0.2, 0.25) is 0 Å². The van der Waals surface area contributed by atoms with E-state index in [4.69, 9.17) is 9.47 Å². The molecule has 1 atom stereocenters. The number of ether oxygens (including phenoxy) is 2. The average Bonchev–Trinajstić information content (AvgIpc) is 2.36. The Bertz CT molecular complexity index is 267. The molecule has 0 radical (unpaired) electrons. The van der Waals surface area contributed by atoms with E-state index in [0.29, 0.717) is 12.4 Å². The van der Waals surface area contributed by atoms with E-state index >= 15 is 0 Å². The van der Waals surface area contributed by atoms with Crippen molar-refractivity contribution < 1.29 is 19.1 Å². The van der Waals surface area contributed by atoms with Gasteiger partial charge in [-0.3, -0.25) is 4.79 Å². The first-order chi connectivity index (χ1) is 8.27. The summed E-state index contributed by atoms with van der Waals surface area (Å²) in [6.07, 6.45) is 8.33. The fraction of sp³-hybridized carbons (Fsp3) is 0.692. The second-order valence-electron chi connectivity index (χ2n) is 4.30. The molecule has 4 nitrogen and oxygen atoms in total. The van der Waals surface area contributed by atoms with Crippen LogP contribution in [0.2, 0.25) is 0 Å². The van der Waals surface area contributed by atoms with E-state index in [1.54, 1.807) is 13.0 Å². The molecule has 1 unspecified atom stereocenters. The number of esters is 1. The van der Waals surface area contributed by atoms with E-state index in [1.165, 1.54) is 12.5 Å². The molecule has 1 fully saturated rings. The second-order valence-corrected chi connectivity index (χ2v) is 4.30. The van der Waals surface area contributed by atoms with Crippen LogP contribution in [0.5, 0.6) is 0 Å². The number of hydrogen-bond acceptors (Lipinski definition) is 4. The van der Waals surface area contributed by atoms with Gasteiger partial charge in [0.15, 0.2) is 0 Å². The lowest BCUT2D eigenvalue weighted by Gasteiger charge is -2.28. The minimum atomic E-state index is -0.386. The zero-order chi connectivity index (χ0) is 12.5. The molecule has 1 aliphatic rings.